The minimum atomic E-state index is -1.59. The van der Waals surface area contributed by atoms with Gasteiger partial charge in [-0.05, 0) is 29.7 Å². The van der Waals surface area contributed by atoms with Crippen molar-refractivity contribution >= 4 is 23.2 Å². The number of carbonyl (C=O) groups is 1. The molecule has 0 saturated carbocycles. The number of nitrogens with one attached hydrogen (secondary N) is 2. The predicted molar refractivity (Wildman–Crippen MR) is 100 cm³/mol. The molecule has 0 atom stereocenters. The zero-order valence-corrected chi connectivity index (χ0v) is 15.1. The van der Waals surface area contributed by atoms with Crippen LogP contribution in [0.15, 0.2) is 48.8 Å². The van der Waals surface area contributed by atoms with Crippen LogP contribution in [0.5, 0.6) is 0 Å². The van der Waals surface area contributed by atoms with Gasteiger partial charge in [-0.25, -0.2) is 23.1 Å². The van der Waals surface area contributed by atoms with Crippen molar-refractivity contribution in [1.82, 2.24) is 9.97 Å². The summed E-state index contributed by atoms with van der Waals surface area (Å²) in [5.74, 6) is -4.51. The number of benzene rings is 2. The van der Waals surface area contributed by atoms with Gasteiger partial charge in [-0.15, -0.1) is 0 Å². The topological polar surface area (TPSA) is 66.9 Å². The Kier molecular flexibility index (Phi) is 5.58. The number of hydrogen-bond donors (Lipinski definition) is 2. The molecule has 1 heterocycles. The first-order chi connectivity index (χ1) is 13.4. The van der Waals surface area contributed by atoms with Gasteiger partial charge >= 0.3 is 0 Å². The molecule has 0 aliphatic heterocycles. The van der Waals surface area contributed by atoms with Crippen LogP contribution in [0, 0.1) is 17.5 Å². The van der Waals surface area contributed by atoms with Gasteiger partial charge in [0.15, 0.2) is 17.5 Å². The molecule has 28 heavy (non-hydrogen) atoms. The van der Waals surface area contributed by atoms with E-state index in [1.165, 1.54) is 12.4 Å². The molecule has 0 fully saturated rings. The first kappa shape index (κ1) is 19.3. The van der Waals surface area contributed by atoms with Crippen LogP contribution in [0.3, 0.4) is 0 Å². The number of halogens is 3. The number of nitrogens with zero attached hydrogens (tertiary/aromatic N) is 2. The summed E-state index contributed by atoms with van der Waals surface area (Å²) in [5, 5.41) is 5.25. The van der Waals surface area contributed by atoms with Crippen molar-refractivity contribution < 1.29 is 18.0 Å². The first-order valence-electron chi connectivity index (χ1n) is 8.49. The second-order valence-electron chi connectivity index (χ2n) is 6.34. The zero-order valence-electron chi connectivity index (χ0n) is 15.1. The van der Waals surface area contributed by atoms with E-state index in [9.17, 15) is 18.0 Å². The normalized spacial score (nSPS) is 10.8. The van der Waals surface area contributed by atoms with Gasteiger partial charge < -0.3 is 10.6 Å². The minimum Gasteiger partial charge on any atom is -0.322 e. The lowest BCUT2D eigenvalue weighted by Gasteiger charge is -2.13. The average Bonchev–Trinajstić information content (AvgIpc) is 2.69. The fourth-order valence-electron chi connectivity index (χ4n) is 2.56. The first-order valence-corrected chi connectivity index (χ1v) is 8.49. The number of amides is 1. The summed E-state index contributed by atoms with van der Waals surface area (Å²) in [4.78, 5) is 20.3. The third-order valence-electron chi connectivity index (χ3n) is 4.03. The van der Waals surface area contributed by atoms with Gasteiger partial charge in [0.2, 0.25) is 5.95 Å². The van der Waals surface area contributed by atoms with Crippen molar-refractivity contribution in [2.75, 3.05) is 10.6 Å². The Labute approximate surface area is 159 Å². The van der Waals surface area contributed by atoms with E-state index in [0.29, 0.717) is 5.69 Å². The fourth-order valence-corrected chi connectivity index (χ4v) is 2.56. The third-order valence-corrected chi connectivity index (χ3v) is 4.03. The van der Waals surface area contributed by atoms with Crippen LogP contribution < -0.4 is 10.6 Å². The van der Waals surface area contributed by atoms with Crippen LogP contribution in [0.1, 0.15) is 35.7 Å². The smallest absolute Gasteiger partial charge is 0.258 e. The third kappa shape index (κ3) is 4.11. The van der Waals surface area contributed by atoms with Gasteiger partial charge in [0.05, 0.1) is 11.3 Å². The fraction of sp³-hybridized carbons (Fsp3) is 0.150. The van der Waals surface area contributed by atoms with Crippen LogP contribution in [0.25, 0.3) is 0 Å². The SMILES string of the molecule is CC(C)c1ccccc1NC(=O)c1cnc(Nc2ccc(F)c(F)c2F)nc1. The van der Waals surface area contributed by atoms with Gasteiger partial charge in [0, 0.05) is 18.1 Å². The largest absolute Gasteiger partial charge is 0.322 e. The maximum absolute atomic E-state index is 13.7. The van der Waals surface area contributed by atoms with E-state index in [0.717, 1.165) is 17.7 Å². The van der Waals surface area contributed by atoms with Crippen molar-refractivity contribution in [2.24, 2.45) is 0 Å². The van der Waals surface area contributed by atoms with Crippen LogP contribution in [-0.4, -0.2) is 15.9 Å². The van der Waals surface area contributed by atoms with E-state index in [1.54, 1.807) is 6.07 Å². The Morgan fingerprint density at radius 1 is 0.929 bits per heavy atom. The second-order valence-corrected chi connectivity index (χ2v) is 6.34. The summed E-state index contributed by atoms with van der Waals surface area (Å²) in [7, 11) is 0. The lowest BCUT2D eigenvalue weighted by atomic mass is 10.0. The van der Waals surface area contributed by atoms with E-state index in [2.05, 4.69) is 20.6 Å². The van der Waals surface area contributed by atoms with Crippen LogP contribution in [0.4, 0.5) is 30.5 Å². The maximum Gasteiger partial charge on any atom is 0.258 e. The minimum absolute atomic E-state index is 0.0657. The number of anilines is 3. The lowest BCUT2D eigenvalue weighted by molar-refractivity contribution is 0.102. The highest BCUT2D eigenvalue weighted by atomic mass is 19.2. The molecule has 0 radical (unpaired) electrons. The zero-order chi connectivity index (χ0) is 20.3. The number of rotatable bonds is 5. The van der Waals surface area contributed by atoms with E-state index in [-0.39, 0.29) is 23.1 Å². The van der Waals surface area contributed by atoms with Gasteiger partial charge in [0.1, 0.15) is 0 Å². The molecule has 144 valence electrons. The average molecular weight is 386 g/mol. The lowest BCUT2D eigenvalue weighted by Crippen LogP contribution is -2.14. The van der Waals surface area contributed by atoms with Crippen molar-refractivity contribution in [2.45, 2.75) is 19.8 Å². The molecule has 0 saturated heterocycles. The van der Waals surface area contributed by atoms with E-state index in [4.69, 9.17) is 0 Å². The highest BCUT2D eigenvalue weighted by Gasteiger charge is 2.15. The Morgan fingerprint density at radius 3 is 2.29 bits per heavy atom. The van der Waals surface area contributed by atoms with E-state index >= 15 is 0 Å². The number of aromatic nitrogens is 2. The monoisotopic (exact) mass is 386 g/mol. The molecular formula is C20H17F3N4O. The summed E-state index contributed by atoms with van der Waals surface area (Å²) >= 11 is 0. The molecule has 0 spiro atoms. The Balaban J connectivity index is 1.74. The van der Waals surface area contributed by atoms with Crippen LogP contribution in [-0.2, 0) is 0 Å². The Hall–Kier alpha value is -3.42. The van der Waals surface area contributed by atoms with Crippen molar-refractivity contribution in [3.63, 3.8) is 0 Å². The highest BCUT2D eigenvalue weighted by Crippen LogP contribution is 2.24. The molecule has 0 unspecified atom stereocenters. The Bertz CT molecular complexity index is 1010. The molecule has 1 amide bonds. The maximum atomic E-state index is 13.7. The summed E-state index contributed by atoms with van der Waals surface area (Å²) < 4.78 is 40.0. The van der Waals surface area contributed by atoms with Crippen molar-refractivity contribution in [3.8, 4) is 0 Å². The highest BCUT2D eigenvalue weighted by molar-refractivity contribution is 6.04. The quantitative estimate of drug-likeness (QED) is 0.605. The number of para-hydroxylation sites is 1. The van der Waals surface area contributed by atoms with E-state index in [1.807, 2.05) is 32.0 Å². The molecule has 2 N–H and O–H groups in total. The summed E-state index contributed by atoms with van der Waals surface area (Å²) in [6.07, 6.45) is 2.50. The van der Waals surface area contributed by atoms with Gasteiger partial charge in [0.25, 0.3) is 5.91 Å². The number of carbonyl (C=O) groups excluding carboxylic acids is 1. The van der Waals surface area contributed by atoms with Crippen LogP contribution >= 0.6 is 0 Å². The predicted octanol–water partition coefficient (Wildman–Crippen LogP) is 5.01. The molecule has 3 aromatic rings. The molecule has 8 heteroatoms. The van der Waals surface area contributed by atoms with Gasteiger partial charge in [-0.3, -0.25) is 4.79 Å². The molecule has 1 aromatic heterocycles. The summed E-state index contributed by atoms with van der Waals surface area (Å²) in [6, 6.07) is 9.26. The van der Waals surface area contributed by atoms with Gasteiger partial charge in [-0.1, -0.05) is 32.0 Å². The number of hydrogen-bond acceptors (Lipinski definition) is 4. The Morgan fingerprint density at radius 2 is 1.61 bits per heavy atom. The molecule has 0 bridgehead atoms. The van der Waals surface area contributed by atoms with Crippen LogP contribution in [0.2, 0.25) is 0 Å². The molecule has 0 aliphatic carbocycles. The van der Waals surface area contributed by atoms with E-state index < -0.39 is 23.4 Å². The second kappa shape index (κ2) is 8.08. The molecule has 2 aromatic carbocycles. The van der Waals surface area contributed by atoms with Gasteiger partial charge in [-0.2, -0.15) is 0 Å². The molecular weight excluding hydrogens is 369 g/mol. The van der Waals surface area contributed by atoms with Crippen molar-refractivity contribution in [3.05, 3.63) is 77.4 Å². The standard InChI is InChI=1S/C20H17F3N4O/c1-11(2)13-5-3-4-6-15(13)26-19(28)12-9-24-20(25-10-12)27-16-8-7-14(21)17(22)18(16)23/h3-11H,1-2H3,(H,26,28)(H,24,25,27). The molecule has 0 aliphatic rings. The summed E-state index contributed by atoms with van der Waals surface area (Å²) in [6.45, 7) is 4.04. The molecule has 5 nitrogen and oxygen atoms in total. The van der Waals surface area contributed by atoms with Crippen molar-refractivity contribution in [1.29, 1.82) is 0 Å². The molecule has 3 rings (SSSR count). The summed E-state index contributed by atoms with van der Waals surface area (Å²) in [5.41, 5.74) is 1.55.